The standard InChI is InChI=1S/C23H19F2N3O2/c1-2-29-21-7-3-6-16-20-12-19(15-5-4-10-26-13-15)27-28(20)23(30-22(16)21)14-8-9-17(24)18(25)11-14/h3-13,20,23,27H,2H2,1H3. The Labute approximate surface area is 172 Å². The lowest BCUT2D eigenvalue weighted by Gasteiger charge is -2.39. The molecule has 2 aliphatic heterocycles. The number of pyridine rings is 1. The molecule has 0 aliphatic carbocycles. The summed E-state index contributed by atoms with van der Waals surface area (Å²) in [5.74, 6) is -0.604. The van der Waals surface area contributed by atoms with Crippen LogP contribution in [0.3, 0.4) is 0 Å². The summed E-state index contributed by atoms with van der Waals surface area (Å²) in [6.07, 6.45) is 4.86. The lowest BCUT2D eigenvalue weighted by molar-refractivity contribution is -0.0347. The second kappa shape index (κ2) is 7.42. The number of nitrogens with one attached hydrogen (secondary N) is 1. The summed E-state index contributed by atoms with van der Waals surface area (Å²) in [4.78, 5) is 4.19. The smallest absolute Gasteiger partial charge is 0.196 e. The molecule has 1 aromatic heterocycles. The van der Waals surface area contributed by atoms with Gasteiger partial charge < -0.3 is 14.9 Å². The Hall–Kier alpha value is -3.45. The van der Waals surface area contributed by atoms with Gasteiger partial charge in [-0.1, -0.05) is 18.2 Å². The SMILES string of the molecule is CCOc1cccc2c1OC(c1ccc(F)c(F)c1)N1NC(c3cccnc3)=CC21. The number of rotatable bonds is 4. The molecular formula is C23H19F2N3O2. The first-order valence-electron chi connectivity index (χ1n) is 9.70. The predicted molar refractivity (Wildman–Crippen MR) is 107 cm³/mol. The number of halogens is 2. The summed E-state index contributed by atoms with van der Waals surface area (Å²) in [6, 6.07) is 13.2. The minimum atomic E-state index is -0.920. The van der Waals surface area contributed by atoms with Gasteiger partial charge in [0.05, 0.1) is 18.3 Å². The zero-order valence-corrected chi connectivity index (χ0v) is 16.2. The number of hydrogen-bond acceptors (Lipinski definition) is 5. The summed E-state index contributed by atoms with van der Waals surface area (Å²) in [6.45, 7) is 2.39. The Bertz CT molecular complexity index is 1120. The van der Waals surface area contributed by atoms with Crippen LogP contribution in [0.1, 0.15) is 35.9 Å². The Morgan fingerprint density at radius 2 is 2.03 bits per heavy atom. The minimum Gasteiger partial charge on any atom is -0.490 e. The molecule has 0 bridgehead atoms. The van der Waals surface area contributed by atoms with Gasteiger partial charge in [0.1, 0.15) is 0 Å². The highest BCUT2D eigenvalue weighted by atomic mass is 19.2. The van der Waals surface area contributed by atoms with Gasteiger partial charge in [-0.05, 0) is 43.3 Å². The first-order valence-corrected chi connectivity index (χ1v) is 9.70. The van der Waals surface area contributed by atoms with Crippen molar-refractivity contribution in [2.75, 3.05) is 6.61 Å². The van der Waals surface area contributed by atoms with E-state index in [2.05, 4.69) is 16.5 Å². The third kappa shape index (κ3) is 3.07. The fourth-order valence-electron chi connectivity index (χ4n) is 3.84. The zero-order valence-electron chi connectivity index (χ0n) is 16.2. The molecule has 30 heavy (non-hydrogen) atoms. The maximum Gasteiger partial charge on any atom is 0.196 e. The van der Waals surface area contributed by atoms with Crippen LogP contribution in [-0.4, -0.2) is 16.6 Å². The normalized spacial score (nSPS) is 19.9. The Morgan fingerprint density at radius 1 is 1.13 bits per heavy atom. The molecule has 2 aromatic carbocycles. The zero-order chi connectivity index (χ0) is 20.7. The van der Waals surface area contributed by atoms with E-state index in [4.69, 9.17) is 9.47 Å². The highest BCUT2D eigenvalue weighted by molar-refractivity contribution is 5.67. The van der Waals surface area contributed by atoms with Gasteiger partial charge in [0.15, 0.2) is 29.4 Å². The van der Waals surface area contributed by atoms with E-state index in [1.54, 1.807) is 12.4 Å². The minimum absolute atomic E-state index is 0.192. The summed E-state index contributed by atoms with van der Waals surface area (Å²) < 4.78 is 39.6. The maximum absolute atomic E-state index is 14.0. The lowest BCUT2D eigenvalue weighted by atomic mass is 10.0. The molecule has 1 N–H and O–H groups in total. The monoisotopic (exact) mass is 407 g/mol. The van der Waals surface area contributed by atoms with Gasteiger partial charge in [-0.2, -0.15) is 5.01 Å². The Balaban J connectivity index is 1.62. The van der Waals surface area contributed by atoms with Crippen LogP contribution in [-0.2, 0) is 0 Å². The molecule has 3 aromatic rings. The van der Waals surface area contributed by atoms with Gasteiger partial charge in [0.25, 0.3) is 0 Å². The molecule has 0 saturated carbocycles. The van der Waals surface area contributed by atoms with Crippen LogP contribution in [0.5, 0.6) is 11.5 Å². The molecule has 0 amide bonds. The van der Waals surface area contributed by atoms with Crippen LogP contribution in [0.4, 0.5) is 8.78 Å². The molecule has 2 atom stereocenters. The van der Waals surface area contributed by atoms with Crippen molar-refractivity contribution in [2.45, 2.75) is 19.2 Å². The van der Waals surface area contributed by atoms with Gasteiger partial charge in [0.2, 0.25) is 0 Å². The fraction of sp³-hybridized carbons (Fsp3) is 0.174. The van der Waals surface area contributed by atoms with Crippen LogP contribution >= 0.6 is 0 Å². The van der Waals surface area contributed by atoms with Gasteiger partial charge >= 0.3 is 0 Å². The molecule has 0 fully saturated rings. The molecule has 5 nitrogen and oxygen atoms in total. The van der Waals surface area contributed by atoms with Gasteiger partial charge in [-0.15, -0.1) is 0 Å². The average Bonchev–Trinajstić information content (AvgIpc) is 3.22. The first-order chi connectivity index (χ1) is 14.7. The summed E-state index contributed by atoms with van der Waals surface area (Å²) >= 11 is 0. The molecule has 0 radical (unpaired) electrons. The van der Waals surface area contributed by atoms with E-state index in [-0.39, 0.29) is 6.04 Å². The first kappa shape index (κ1) is 18.6. The number of para-hydroxylation sites is 1. The molecule has 2 aliphatic rings. The summed E-state index contributed by atoms with van der Waals surface area (Å²) in [5, 5.41) is 1.88. The van der Waals surface area contributed by atoms with Gasteiger partial charge in [-0.25, -0.2) is 8.78 Å². The van der Waals surface area contributed by atoms with Crippen molar-refractivity contribution in [2.24, 2.45) is 0 Å². The van der Waals surface area contributed by atoms with Crippen molar-refractivity contribution in [3.8, 4) is 11.5 Å². The number of hydrogen-bond donors (Lipinski definition) is 1. The fourth-order valence-corrected chi connectivity index (χ4v) is 3.84. The van der Waals surface area contributed by atoms with Crippen molar-refractivity contribution in [3.63, 3.8) is 0 Å². The Kier molecular flexibility index (Phi) is 4.59. The highest BCUT2D eigenvalue weighted by Gasteiger charge is 2.41. The van der Waals surface area contributed by atoms with Crippen molar-refractivity contribution in [1.29, 1.82) is 0 Å². The number of benzene rings is 2. The third-order valence-electron chi connectivity index (χ3n) is 5.19. The van der Waals surface area contributed by atoms with Gasteiger partial charge in [0, 0.05) is 29.1 Å². The maximum atomic E-state index is 14.0. The topological polar surface area (TPSA) is 46.6 Å². The van der Waals surface area contributed by atoms with E-state index >= 15 is 0 Å². The van der Waals surface area contributed by atoms with Crippen LogP contribution in [0.25, 0.3) is 5.70 Å². The van der Waals surface area contributed by atoms with Crippen LogP contribution in [0.15, 0.2) is 67.0 Å². The summed E-state index contributed by atoms with van der Waals surface area (Å²) in [7, 11) is 0. The van der Waals surface area contributed by atoms with Crippen LogP contribution in [0.2, 0.25) is 0 Å². The lowest BCUT2D eigenvalue weighted by Crippen LogP contribution is -2.43. The molecule has 3 heterocycles. The second-order valence-corrected chi connectivity index (χ2v) is 7.04. The Morgan fingerprint density at radius 3 is 2.80 bits per heavy atom. The second-order valence-electron chi connectivity index (χ2n) is 7.04. The number of hydrazine groups is 1. The van der Waals surface area contributed by atoms with E-state index in [0.29, 0.717) is 23.7 Å². The summed E-state index contributed by atoms with van der Waals surface area (Å²) in [5.41, 5.74) is 6.54. The molecule has 7 heteroatoms. The van der Waals surface area contributed by atoms with Crippen molar-refractivity contribution < 1.29 is 18.3 Å². The molecule has 0 saturated heterocycles. The quantitative estimate of drug-likeness (QED) is 0.676. The molecule has 0 spiro atoms. The van der Waals surface area contributed by atoms with Crippen molar-refractivity contribution >= 4 is 5.70 Å². The van der Waals surface area contributed by atoms with E-state index in [1.165, 1.54) is 6.07 Å². The third-order valence-corrected chi connectivity index (χ3v) is 5.19. The number of ether oxygens (including phenoxy) is 2. The molecule has 152 valence electrons. The van der Waals surface area contributed by atoms with Crippen molar-refractivity contribution in [3.05, 3.63) is 95.3 Å². The van der Waals surface area contributed by atoms with Gasteiger partial charge in [-0.3, -0.25) is 4.98 Å². The molecule has 5 rings (SSSR count). The van der Waals surface area contributed by atoms with E-state index in [9.17, 15) is 8.78 Å². The molecular weight excluding hydrogens is 388 g/mol. The van der Waals surface area contributed by atoms with E-state index < -0.39 is 17.9 Å². The number of fused-ring (bicyclic) bond motifs is 3. The predicted octanol–water partition coefficient (Wildman–Crippen LogP) is 4.75. The molecule has 2 unspecified atom stereocenters. The number of nitrogens with zero attached hydrogens (tertiary/aromatic N) is 2. The van der Waals surface area contributed by atoms with E-state index in [0.717, 1.165) is 29.0 Å². The highest BCUT2D eigenvalue weighted by Crippen LogP contribution is 2.49. The van der Waals surface area contributed by atoms with E-state index in [1.807, 2.05) is 42.3 Å². The van der Waals surface area contributed by atoms with Crippen LogP contribution in [0, 0.1) is 11.6 Å². The van der Waals surface area contributed by atoms with Crippen molar-refractivity contribution in [1.82, 2.24) is 15.4 Å². The number of aromatic nitrogens is 1. The average molecular weight is 407 g/mol. The largest absolute Gasteiger partial charge is 0.490 e. The van der Waals surface area contributed by atoms with Crippen LogP contribution < -0.4 is 14.9 Å².